The molecule has 1 aromatic carbocycles. The van der Waals surface area contributed by atoms with Gasteiger partial charge in [0.1, 0.15) is 28.6 Å². The second-order valence-electron chi connectivity index (χ2n) is 9.19. The van der Waals surface area contributed by atoms with Crippen LogP contribution in [0, 0.1) is 11.6 Å². The van der Waals surface area contributed by atoms with Gasteiger partial charge in [0.15, 0.2) is 0 Å². The molecule has 188 valence electrons. The molecule has 1 aliphatic heterocycles. The molecule has 0 spiro atoms. The first-order valence-electron chi connectivity index (χ1n) is 11.0. The van der Waals surface area contributed by atoms with Crippen molar-refractivity contribution in [2.24, 2.45) is 0 Å². The maximum Gasteiger partial charge on any atom is 0.303 e. The molecule has 1 N–H and O–H groups in total. The van der Waals surface area contributed by atoms with Gasteiger partial charge in [0.2, 0.25) is 0 Å². The Morgan fingerprint density at radius 3 is 2.71 bits per heavy atom. The van der Waals surface area contributed by atoms with E-state index < -0.39 is 46.0 Å². The van der Waals surface area contributed by atoms with Crippen LogP contribution in [0.15, 0.2) is 42.7 Å². The summed E-state index contributed by atoms with van der Waals surface area (Å²) in [6, 6.07) is 6.36. The van der Waals surface area contributed by atoms with Crippen LogP contribution in [0.2, 0.25) is 0 Å². The van der Waals surface area contributed by atoms with E-state index in [1.165, 1.54) is 37.6 Å². The van der Waals surface area contributed by atoms with Gasteiger partial charge in [-0.2, -0.15) is 12.7 Å². The third kappa shape index (κ3) is 5.27. The average Bonchev–Trinajstić information content (AvgIpc) is 3.40. The van der Waals surface area contributed by atoms with Crippen molar-refractivity contribution in [1.29, 1.82) is 0 Å². The number of nitrogens with zero attached hydrogens (tertiary/aromatic N) is 4. The van der Waals surface area contributed by atoms with Gasteiger partial charge in [-0.15, -0.1) is 0 Å². The largest absolute Gasteiger partial charge is 0.363 e. The van der Waals surface area contributed by atoms with Gasteiger partial charge < -0.3 is 4.90 Å². The van der Waals surface area contributed by atoms with Crippen molar-refractivity contribution in [3.63, 3.8) is 0 Å². The molecule has 2 aromatic heterocycles. The predicted octanol–water partition coefficient (Wildman–Crippen LogP) is 3.61. The zero-order valence-electron chi connectivity index (χ0n) is 19.5. The van der Waals surface area contributed by atoms with Crippen LogP contribution in [-0.4, -0.2) is 53.8 Å². The number of amides is 1. The number of carbonyl (C=O) groups is 1. The summed E-state index contributed by atoms with van der Waals surface area (Å²) in [4.78, 5) is 18.9. The number of anilines is 1. The highest BCUT2D eigenvalue weighted by Crippen LogP contribution is 2.37. The summed E-state index contributed by atoms with van der Waals surface area (Å²) in [6.45, 7) is 2.60. The van der Waals surface area contributed by atoms with Crippen LogP contribution < -0.4 is 9.62 Å². The number of pyridine rings is 1. The van der Waals surface area contributed by atoms with Crippen LogP contribution in [0.25, 0.3) is 5.65 Å². The van der Waals surface area contributed by atoms with E-state index in [-0.39, 0.29) is 11.3 Å². The SMILES string of the molecule is CN(CC(C)(C)F)S(=O)(=O)NC(=O)c1cnc2ccc(N3CCC[C@@H]3c3cc(F)ccc3F)cn12. The number of rotatable bonds is 7. The number of fused-ring (bicyclic) bond motifs is 1. The highest BCUT2D eigenvalue weighted by atomic mass is 32.2. The minimum atomic E-state index is -4.30. The van der Waals surface area contributed by atoms with E-state index in [4.69, 9.17) is 0 Å². The standard InChI is InChI=1S/C23H26F3N5O3S/c1-23(2,26)14-29(3)35(33,34)28-22(32)20-12-27-21-9-7-16(13-31(20)21)30-10-4-5-19(30)17-11-15(24)6-8-18(17)25/h6-9,11-13,19H,4-5,10,14H2,1-3H3,(H,28,32)/t19-/m1/s1. The summed E-state index contributed by atoms with van der Waals surface area (Å²) >= 11 is 0. The van der Waals surface area contributed by atoms with Crippen LogP contribution in [0.4, 0.5) is 18.9 Å². The van der Waals surface area contributed by atoms with Gasteiger partial charge in [0.05, 0.1) is 17.9 Å². The van der Waals surface area contributed by atoms with Crippen LogP contribution in [-0.2, 0) is 10.2 Å². The van der Waals surface area contributed by atoms with Crippen LogP contribution in [0.3, 0.4) is 0 Å². The monoisotopic (exact) mass is 509 g/mol. The van der Waals surface area contributed by atoms with Crippen molar-refractivity contribution in [2.45, 2.75) is 38.4 Å². The van der Waals surface area contributed by atoms with E-state index in [9.17, 15) is 26.4 Å². The Hall–Kier alpha value is -3.12. The van der Waals surface area contributed by atoms with Crippen molar-refractivity contribution in [3.05, 3.63) is 65.6 Å². The highest BCUT2D eigenvalue weighted by molar-refractivity contribution is 7.87. The lowest BCUT2D eigenvalue weighted by Gasteiger charge is -2.27. The first-order valence-corrected chi connectivity index (χ1v) is 12.5. The molecule has 0 saturated carbocycles. The van der Waals surface area contributed by atoms with Crippen molar-refractivity contribution in [2.75, 3.05) is 25.0 Å². The summed E-state index contributed by atoms with van der Waals surface area (Å²) < 4.78 is 71.3. The van der Waals surface area contributed by atoms with Crippen LogP contribution >= 0.6 is 0 Å². The molecule has 1 aliphatic rings. The fraction of sp³-hybridized carbons (Fsp3) is 0.391. The molecule has 1 amide bonds. The van der Waals surface area contributed by atoms with Gasteiger partial charge >= 0.3 is 10.2 Å². The third-order valence-electron chi connectivity index (χ3n) is 5.85. The quantitative estimate of drug-likeness (QED) is 0.526. The zero-order valence-corrected chi connectivity index (χ0v) is 20.3. The summed E-state index contributed by atoms with van der Waals surface area (Å²) in [7, 11) is -3.13. The summed E-state index contributed by atoms with van der Waals surface area (Å²) in [6.07, 6.45) is 4.21. The van der Waals surface area contributed by atoms with Crippen molar-refractivity contribution in [1.82, 2.24) is 18.4 Å². The molecule has 1 fully saturated rings. The molecule has 3 aromatic rings. The number of nitrogens with one attached hydrogen (secondary N) is 1. The number of hydrogen-bond acceptors (Lipinski definition) is 5. The lowest BCUT2D eigenvalue weighted by molar-refractivity contribution is 0.0971. The van der Waals surface area contributed by atoms with Crippen LogP contribution in [0.1, 0.15) is 48.8 Å². The lowest BCUT2D eigenvalue weighted by Crippen LogP contribution is -2.45. The fourth-order valence-corrected chi connectivity index (χ4v) is 5.31. The Labute approximate surface area is 201 Å². The van der Waals surface area contributed by atoms with E-state index in [0.29, 0.717) is 24.3 Å². The number of benzene rings is 1. The predicted molar refractivity (Wildman–Crippen MR) is 125 cm³/mol. The first kappa shape index (κ1) is 25.0. The van der Waals surface area contributed by atoms with Crippen LogP contribution in [0.5, 0.6) is 0 Å². The van der Waals surface area contributed by atoms with E-state index in [1.54, 1.807) is 18.3 Å². The molecule has 1 atom stereocenters. The molecule has 0 aliphatic carbocycles. The minimum absolute atomic E-state index is 0.0500. The smallest absolute Gasteiger partial charge is 0.303 e. The Morgan fingerprint density at radius 1 is 1.26 bits per heavy atom. The zero-order chi connectivity index (χ0) is 25.5. The Balaban J connectivity index is 1.63. The highest BCUT2D eigenvalue weighted by Gasteiger charge is 2.31. The maximum absolute atomic E-state index is 14.5. The van der Waals surface area contributed by atoms with Gasteiger partial charge in [0, 0.05) is 31.9 Å². The number of alkyl halides is 1. The summed E-state index contributed by atoms with van der Waals surface area (Å²) in [5.74, 6) is -1.97. The molecule has 35 heavy (non-hydrogen) atoms. The molecule has 3 heterocycles. The second kappa shape index (κ2) is 9.15. The number of imidazole rings is 1. The summed E-state index contributed by atoms with van der Waals surface area (Å²) in [5, 5.41) is 0. The first-order chi connectivity index (χ1) is 16.4. The maximum atomic E-state index is 14.5. The van der Waals surface area contributed by atoms with Gasteiger partial charge in [0.25, 0.3) is 5.91 Å². The number of hydrogen-bond donors (Lipinski definition) is 1. The second-order valence-corrected chi connectivity index (χ2v) is 11.0. The normalized spacial score (nSPS) is 16.9. The van der Waals surface area contributed by atoms with E-state index in [2.05, 4.69) is 4.98 Å². The molecule has 1 saturated heterocycles. The number of halogens is 3. The van der Waals surface area contributed by atoms with Crippen molar-refractivity contribution in [3.8, 4) is 0 Å². The lowest BCUT2D eigenvalue weighted by atomic mass is 10.0. The molecular weight excluding hydrogens is 483 g/mol. The Bertz CT molecular complexity index is 1370. The van der Waals surface area contributed by atoms with Gasteiger partial charge in [-0.3, -0.25) is 9.20 Å². The van der Waals surface area contributed by atoms with Gasteiger partial charge in [-0.1, -0.05) is 0 Å². The third-order valence-corrected chi connectivity index (χ3v) is 7.25. The Morgan fingerprint density at radius 2 is 2.00 bits per heavy atom. The minimum Gasteiger partial charge on any atom is -0.363 e. The molecule has 8 nitrogen and oxygen atoms in total. The number of carbonyl (C=O) groups excluding carboxylic acids is 1. The Kier molecular flexibility index (Phi) is 6.54. The molecule has 0 bridgehead atoms. The van der Waals surface area contributed by atoms with Crippen molar-refractivity contribution < 1.29 is 26.4 Å². The molecule has 12 heteroatoms. The molecule has 4 rings (SSSR count). The fourth-order valence-electron chi connectivity index (χ4n) is 4.34. The van der Waals surface area contributed by atoms with Gasteiger partial charge in [-0.05, 0) is 57.0 Å². The topological polar surface area (TPSA) is 87.0 Å². The molecule has 0 radical (unpaired) electrons. The van der Waals surface area contributed by atoms with E-state index >= 15 is 0 Å². The molecular formula is C23H26F3N5O3S. The molecule has 0 unspecified atom stereocenters. The summed E-state index contributed by atoms with van der Waals surface area (Å²) in [5.41, 5.74) is -0.572. The average molecular weight is 510 g/mol. The van der Waals surface area contributed by atoms with E-state index in [0.717, 1.165) is 22.9 Å². The number of aromatic nitrogens is 2. The van der Waals surface area contributed by atoms with Crippen molar-refractivity contribution >= 4 is 27.5 Å². The van der Waals surface area contributed by atoms with E-state index in [1.807, 2.05) is 9.62 Å². The van der Waals surface area contributed by atoms with Gasteiger partial charge in [-0.25, -0.2) is 22.9 Å².